The summed E-state index contributed by atoms with van der Waals surface area (Å²) < 4.78 is 11.1. The Bertz CT molecular complexity index is 549. The summed E-state index contributed by atoms with van der Waals surface area (Å²) in [6.45, 7) is 6.33. The van der Waals surface area contributed by atoms with E-state index in [4.69, 9.17) is 9.47 Å². The summed E-state index contributed by atoms with van der Waals surface area (Å²) in [7, 11) is 0. The molecule has 2 rings (SSSR count). The maximum absolute atomic E-state index is 11.3. The van der Waals surface area contributed by atoms with Gasteiger partial charge in [-0.05, 0) is 50.2 Å². The third-order valence-corrected chi connectivity index (χ3v) is 3.93. The number of allylic oxidation sites excluding steroid dienone is 5. The summed E-state index contributed by atoms with van der Waals surface area (Å²) in [5, 5.41) is 0. The molecule has 0 heterocycles. The van der Waals surface area contributed by atoms with Crippen molar-refractivity contribution in [2.45, 2.75) is 45.1 Å². The lowest BCUT2D eigenvalue weighted by Crippen LogP contribution is -2.20. The first kappa shape index (κ1) is 17.5. The lowest BCUT2D eigenvalue weighted by Gasteiger charge is -2.25. The first-order valence-corrected chi connectivity index (χ1v) is 8.35. The monoisotopic (exact) mass is 314 g/mol. The number of ether oxygens (including phenoxy) is 2. The van der Waals surface area contributed by atoms with Gasteiger partial charge in [-0.3, -0.25) is 0 Å². The minimum Gasteiger partial charge on any atom is -0.462 e. The van der Waals surface area contributed by atoms with Crippen LogP contribution in [0.5, 0.6) is 0 Å². The molecule has 124 valence electrons. The molecule has 0 radical (unpaired) electrons. The number of unbranched alkanes of at least 4 members (excludes halogenated alkanes) is 1. The van der Waals surface area contributed by atoms with Crippen molar-refractivity contribution in [2.75, 3.05) is 13.2 Å². The minimum atomic E-state index is -0.314. The van der Waals surface area contributed by atoms with Crippen LogP contribution in [0.15, 0.2) is 59.8 Å². The van der Waals surface area contributed by atoms with Gasteiger partial charge in [0.2, 0.25) is 0 Å². The summed E-state index contributed by atoms with van der Waals surface area (Å²) in [5.74, 6) is -0.314. The third-order valence-electron chi connectivity index (χ3n) is 3.93. The van der Waals surface area contributed by atoms with Gasteiger partial charge >= 0.3 is 5.97 Å². The SMILES string of the molecule is C=C(C)C(=O)OCCCCOC1CC=CC=C1C1=CC=CCC1. The fourth-order valence-electron chi connectivity index (χ4n) is 2.64. The third kappa shape index (κ3) is 5.68. The number of rotatable bonds is 8. The molecular formula is C20H26O3. The smallest absolute Gasteiger partial charge is 0.333 e. The zero-order valence-corrected chi connectivity index (χ0v) is 13.9. The molecule has 0 amide bonds. The molecule has 1 atom stereocenters. The van der Waals surface area contributed by atoms with E-state index in [-0.39, 0.29) is 12.1 Å². The highest BCUT2D eigenvalue weighted by atomic mass is 16.5. The van der Waals surface area contributed by atoms with Crippen molar-refractivity contribution in [3.63, 3.8) is 0 Å². The molecule has 0 bridgehead atoms. The van der Waals surface area contributed by atoms with Crippen molar-refractivity contribution < 1.29 is 14.3 Å². The summed E-state index contributed by atoms with van der Waals surface area (Å²) in [6.07, 6.45) is 17.9. The van der Waals surface area contributed by atoms with E-state index < -0.39 is 0 Å². The number of hydrogen-bond acceptors (Lipinski definition) is 3. The maximum atomic E-state index is 11.3. The Morgan fingerprint density at radius 3 is 2.74 bits per heavy atom. The van der Waals surface area contributed by atoms with Crippen molar-refractivity contribution in [1.29, 1.82) is 0 Å². The van der Waals surface area contributed by atoms with E-state index in [0.717, 1.165) is 32.1 Å². The lowest BCUT2D eigenvalue weighted by molar-refractivity contribution is -0.139. The summed E-state index contributed by atoms with van der Waals surface area (Å²) in [6, 6.07) is 0. The van der Waals surface area contributed by atoms with E-state index in [1.54, 1.807) is 6.92 Å². The minimum absolute atomic E-state index is 0.149. The van der Waals surface area contributed by atoms with Gasteiger partial charge in [-0.1, -0.05) is 43.0 Å². The molecule has 2 aliphatic rings. The number of carbonyl (C=O) groups excluding carboxylic acids is 1. The molecule has 1 unspecified atom stereocenters. The molecule has 23 heavy (non-hydrogen) atoms. The molecule has 0 fully saturated rings. The highest BCUT2D eigenvalue weighted by Gasteiger charge is 2.19. The second kappa shape index (κ2) is 9.31. The van der Waals surface area contributed by atoms with Crippen LogP contribution in [0.25, 0.3) is 0 Å². The van der Waals surface area contributed by atoms with Crippen LogP contribution in [0.2, 0.25) is 0 Å². The molecule has 3 heteroatoms. The normalized spacial score (nSPS) is 20.0. The molecule has 2 aliphatic carbocycles. The molecule has 0 aromatic carbocycles. The van der Waals surface area contributed by atoms with Crippen LogP contribution in [0, 0.1) is 0 Å². The van der Waals surface area contributed by atoms with Gasteiger partial charge in [-0.2, -0.15) is 0 Å². The molecule has 0 N–H and O–H groups in total. The fraction of sp³-hybridized carbons (Fsp3) is 0.450. The Kier molecular flexibility index (Phi) is 7.08. The average molecular weight is 314 g/mol. The lowest BCUT2D eigenvalue weighted by atomic mass is 9.89. The molecule has 3 nitrogen and oxygen atoms in total. The van der Waals surface area contributed by atoms with Gasteiger partial charge in [0.05, 0.1) is 12.7 Å². The molecular weight excluding hydrogens is 288 g/mol. The quantitative estimate of drug-likeness (QED) is 0.377. The highest BCUT2D eigenvalue weighted by Crippen LogP contribution is 2.28. The van der Waals surface area contributed by atoms with E-state index in [1.807, 2.05) is 0 Å². The Balaban J connectivity index is 1.70. The van der Waals surface area contributed by atoms with Gasteiger partial charge < -0.3 is 9.47 Å². The zero-order chi connectivity index (χ0) is 16.5. The molecule has 0 aromatic rings. The molecule has 0 spiro atoms. The van der Waals surface area contributed by atoms with Crippen molar-refractivity contribution in [3.05, 3.63) is 59.8 Å². The molecule has 0 saturated heterocycles. The second-order valence-corrected chi connectivity index (χ2v) is 5.93. The predicted molar refractivity (Wildman–Crippen MR) is 93.0 cm³/mol. The van der Waals surface area contributed by atoms with Gasteiger partial charge in [0.15, 0.2) is 0 Å². The van der Waals surface area contributed by atoms with Crippen LogP contribution in [0.3, 0.4) is 0 Å². The maximum Gasteiger partial charge on any atom is 0.333 e. The van der Waals surface area contributed by atoms with Crippen molar-refractivity contribution in [1.82, 2.24) is 0 Å². The van der Waals surface area contributed by atoms with Gasteiger partial charge in [0, 0.05) is 12.2 Å². The number of esters is 1. The molecule has 0 aromatic heterocycles. The van der Waals surface area contributed by atoms with E-state index >= 15 is 0 Å². The Morgan fingerprint density at radius 2 is 2.00 bits per heavy atom. The number of hydrogen-bond donors (Lipinski definition) is 0. The van der Waals surface area contributed by atoms with E-state index in [0.29, 0.717) is 18.8 Å². The summed E-state index contributed by atoms with van der Waals surface area (Å²) >= 11 is 0. The summed E-state index contributed by atoms with van der Waals surface area (Å²) in [4.78, 5) is 11.3. The highest BCUT2D eigenvalue weighted by molar-refractivity contribution is 5.86. The Hall–Kier alpha value is -1.87. The van der Waals surface area contributed by atoms with Crippen molar-refractivity contribution in [3.8, 4) is 0 Å². The summed E-state index contributed by atoms with van der Waals surface area (Å²) in [5.41, 5.74) is 3.14. The van der Waals surface area contributed by atoms with Gasteiger partial charge in [0.1, 0.15) is 0 Å². The first-order chi connectivity index (χ1) is 11.2. The van der Waals surface area contributed by atoms with Crippen LogP contribution < -0.4 is 0 Å². The van der Waals surface area contributed by atoms with E-state index in [9.17, 15) is 4.79 Å². The Labute approximate surface area is 139 Å². The largest absolute Gasteiger partial charge is 0.462 e. The van der Waals surface area contributed by atoms with Crippen LogP contribution in [-0.2, 0) is 14.3 Å². The standard InChI is InChI=1S/C20H26O3/c1-16(2)20(21)23-15-9-8-14-22-19-13-7-6-12-18(19)17-10-4-3-5-11-17/h3-4,6-7,10,12,19H,1,5,8-9,11,13-15H2,2H3. The van der Waals surface area contributed by atoms with E-state index in [1.165, 1.54) is 11.1 Å². The fourth-order valence-corrected chi connectivity index (χ4v) is 2.64. The van der Waals surface area contributed by atoms with Crippen LogP contribution in [0.1, 0.15) is 39.0 Å². The molecule has 0 aliphatic heterocycles. The van der Waals surface area contributed by atoms with Gasteiger partial charge in [0.25, 0.3) is 0 Å². The second-order valence-electron chi connectivity index (χ2n) is 5.93. The average Bonchev–Trinajstić information content (AvgIpc) is 2.58. The van der Waals surface area contributed by atoms with Crippen molar-refractivity contribution >= 4 is 5.97 Å². The first-order valence-electron chi connectivity index (χ1n) is 8.35. The van der Waals surface area contributed by atoms with Gasteiger partial charge in [-0.25, -0.2) is 4.79 Å². The van der Waals surface area contributed by atoms with Crippen LogP contribution >= 0.6 is 0 Å². The van der Waals surface area contributed by atoms with Crippen LogP contribution in [0.4, 0.5) is 0 Å². The van der Waals surface area contributed by atoms with E-state index in [2.05, 4.69) is 43.0 Å². The van der Waals surface area contributed by atoms with Crippen molar-refractivity contribution in [2.24, 2.45) is 0 Å². The topological polar surface area (TPSA) is 35.5 Å². The van der Waals surface area contributed by atoms with Gasteiger partial charge in [-0.15, -0.1) is 0 Å². The molecule has 0 saturated carbocycles. The zero-order valence-electron chi connectivity index (χ0n) is 13.9. The number of carbonyl (C=O) groups is 1. The predicted octanol–water partition coefficient (Wildman–Crippen LogP) is 4.43. The Morgan fingerprint density at radius 1 is 1.22 bits per heavy atom. The van der Waals surface area contributed by atoms with Crippen LogP contribution in [-0.4, -0.2) is 25.3 Å².